The minimum absolute atomic E-state index is 0.223. The first-order valence-electron chi connectivity index (χ1n) is 10.7. The van der Waals surface area contributed by atoms with E-state index >= 15 is 0 Å². The fourth-order valence-corrected chi connectivity index (χ4v) is 5.83. The lowest BCUT2D eigenvalue weighted by molar-refractivity contribution is -0.143. The number of hydrogen-bond acceptors (Lipinski definition) is 5. The molecule has 0 bridgehead atoms. The SMILES string of the molecule is Cc1cc(Cl)c2c(c1)[C@]1(N[C@@H]([C@@H](C)O)[C@H]3C(=O)N(CCc4ccccc4)C(=O)[C@H]31)C(=O)N2. The predicted molar refractivity (Wildman–Crippen MR) is 119 cm³/mol. The van der Waals surface area contributed by atoms with Gasteiger partial charge in [0.15, 0.2) is 0 Å². The molecule has 3 N–H and O–H groups in total. The number of aryl methyl sites for hydroxylation is 1. The number of nitrogens with zero attached hydrogens (tertiary/aromatic N) is 1. The number of rotatable bonds is 4. The van der Waals surface area contributed by atoms with Gasteiger partial charge in [-0.1, -0.05) is 48.0 Å². The van der Waals surface area contributed by atoms with Gasteiger partial charge in [-0.15, -0.1) is 0 Å². The molecule has 0 radical (unpaired) electrons. The third-order valence-electron chi connectivity index (χ3n) is 6.93. The van der Waals surface area contributed by atoms with Crippen molar-refractivity contribution in [3.63, 3.8) is 0 Å². The van der Waals surface area contributed by atoms with Crippen molar-refractivity contribution in [2.75, 3.05) is 11.9 Å². The van der Waals surface area contributed by atoms with Crippen molar-refractivity contribution < 1.29 is 19.5 Å². The third-order valence-corrected chi connectivity index (χ3v) is 7.23. The van der Waals surface area contributed by atoms with Gasteiger partial charge in [-0.05, 0) is 37.5 Å². The molecular weight excluding hydrogens is 430 g/mol. The molecule has 5 atom stereocenters. The summed E-state index contributed by atoms with van der Waals surface area (Å²) in [6.07, 6.45) is -0.421. The van der Waals surface area contributed by atoms with Crippen molar-refractivity contribution in [1.29, 1.82) is 0 Å². The quantitative estimate of drug-likeness (QED) is 0.615. The van der Waals surface area contributed by atoms with E-state index in [1.807, 2.05) is 43.3 Å². The van der Waals surface area contributed by atoms with E-state index in [-0.39, 0.29) is 12.5 Å². The lowest BCUT2D eigenvalue weighted by atomic mass is 9.76. The van der Waals surface area contributed by atoms with Gasteiger partial charge in [0, 0.05) is 18.2 Å². The molecule has 3 aliphatic heterocycles. The number of halogens is 1. The molecule has 2 saturated heterocycles. The van der Waals surface area contributed by atoms with Crippen LogP contribution in [0.25, 0.3) is 0 Å². The summed E-state index contributed by atoms with van der Waals surface area (Å²) in [7, 11) is 0. The van der Waals surface area contributed by atoms with E-state index in [4.69, 9.17) is 11.6 Å². The monoisotopic (exact) mass is 453 g/mol. The van der Waals surface area contributed by atoms with Gasteiger partial charge in [-0.2, -0.15) is 0 Å². The van der Waals surface area contributed by atoms with E-state index in [1.165, 1.54) is 4.90 Å². The van der Waals surface area contributed by atoms with E-state index in [0.29, 0.717) is 22.7 Å². The summed E-state index contributed by atoms with van der Waals surface area (Å²) in [6, 6.07) is 12.4. The van der Waals surface area contributed by atoms with Crippen LogP contribution in [0.2, 0.25) is 5.02 Å². The van der Waals surface area contributed by atoms with Crippen LogP contribution in [0.1, 0.15) is 23.6 Å². The highest BCUT2D eigenvalue weighted by atomic mass is 35.5. The number of fused-ring (bicyclic) bond motifs is 4. The fourth-order valence-electron chi connectivity index (χ4n) is 5.50. The van der Waals surface area contributed by atoms with Crippen molar-refractivity contribution >= 4 is 35.0 Å². The summed E-state index contributed by atoms with van der Waals surface area (Å²) in [5.74, 6) is -2.97. The molecular formula is C24H24ClN3O4. The zero-order valence-corrected chi connectivity index (χ0v) is 18.5. The summed E-state index contributed by atoms with van der Waals surface area (Å²) in [5.41, 5.74) is 1.39. The van der Waals surface area contributed by atoms with Crippen LogP contribution in [0, 0.1) is 18.8 Å². The number of hydrogen-bond donors (Lipinski definition) is 3. The summed E-state index contributed by atoms with van der Waals surface area (Å²) >= 11 is 6.40. The van der Waals surface area contributed by atoms with Crippen LogP contribution in [0.4, 0.5) is 5.69 Å². The smallest absolute Gasteiger partial charge is 0.250 e. The standard InChI is InChI=1S/C24H24ClN3O4/c1-12-10-15-20(16(25)11-12)26-23(32)24(15)18-17(19(27-24)13(2)29)21(30)28(22(18)31)9-8-14-6-4-3-5-7-14/h3-7,10-11,13,17-19,27,29H,8-9H2,1-2H3,(H,26,32)/t13-,17+,18+,19+,24-/m1/s1. The molecule has 2 aromatic carbocycles. The molecule has 32 heavy (non-hydrogen) atoms. The Morgan fingerprint density at radius 1 is 1.16 bits per heavy atom. The second-order valence-electron chi connectivity index (χ2n) is 8.91. The molecule has 3 amide bonds. The first kappa shape index (κ1) is 21.1. The van der Waals surface area contributed by atoms with Crippen LogP contribution < -0.4 is 10.6 Å². The molecule has 0 unspecified atom stereocenters. The zero-order chi connectivity index (χ0) is 22.8. The summed E-state index contributed by atoms with van der Waals surface area (Å²) in [5, 5.41) is 16.9. The molecule has 8 heteroatoms. The van der Waals surface area contributed by atoms with E-state index in [2.05, 4.69) is 10.6 Å². The topological polar surface area (TPSA) is 98.7 Å². The average molecular weight is 454 g/mol. The van der Waals surface area contributed by atoms with Crippen LogP contribution in [-0.2, 0) is 26.3 Å². The van der Waals surface area contributed by atoms with Crippen molar-refractivity contribution in [3.8, 4) is 0 Å². The maximum absolute atomic E-state index is 13.6. The molecule has 1 spiro atoms. The van der Waals surface area contributed by atoms with Gasteiger partial charge in [-0.25, -0.2) is 0 Å². The van der Waals surface area contributed by atoms with Crippen LogP contribution >= 0.6 is 11.6 Å². The van der Waals surface area contributed by atoms with Gasteiger partial charge >= 0.3 is 0 Å². The van der Waals surface area contributed by atoms with Gasteiger partial charge in [0.25, 0.3) is 0 Å². The summed E-state index contributed by atoms with van der Waals surface area (Å²) in [4.78, 5) is 41.7. The van der Waals surface area contributed by atoms with Crippen LogP contribution in [0.15, 0.2) is 42.5 Å². The Morgan fingerprint density at radius 3 is 2.56 bits per heavy atom. The molecule has 0 aliphatic carbocycles. The van der Waals surface area contributed by atoms with E-state index in [0.717, 1.165) is 11.1 Å². The number of aliphatic hydroxyl groups is 1. The highest BCUT2D eigenvalue weighted by molar-refractivity contribution is 6.35. The van der Waals surface area contributed by atoms with E-state index in [1.54, 1.807) is 13.0 Å². The van der Waals surface area contributed by atoms with Gasteiger partial charge in [0.05, 0.1) is 28.6 Å². The highest BCUT2D eigenvalue weighted by Gasteiger charge is 2.71. The minimum Gasteiger partial charge on any atom is -0.392 e. The van der Waals surface area contributed by atoms with Crippen molar-refractivity contribution in [2.45, 2.75) is 38.0 Å². The van der Waals surface area contributed by atoms with Crippen molar-refractivity contribution in [1.82, 2.24) is 10.2 Å². The Morgan fingerprint density at radius 2 is 1.88 bits per heavy atom. The Balaban J connectivity index is 1.58. The number of nitrogens with one attached hydrogen (secondary N) is 2. The van der Waals surface area contributed by atoms with Gasteiger partial charge in [-0.3, -0.25) is 24.6 Å². The Hall–Kier alpha value is -2.74. The Labute approximate surface area is 190 Å². The predicted octanol–water partition coefficient (Wildman–Crippen LogP) is 1.99. The van der Waals surface area contributed by atoms with E-state index < -0.39 is 41.3 Å². The molecule has 5 rings (SSSR count). The van der Waals surface area contributed by atoms with Gasteiger partial charge in [0.2, 0.25) is 17.7 Å². The number of likely N-dealkylation sites (tertiary alicyclic amines) is 1. The molecule has 0 aromatic heterocycles. The summed E-state index contributed by atoms with van der Waals surface area (Å²) in [6.45, 7) is 3.64. The molecule has 2 fully saturated rings. The largest absolute Gasteiger partial charge is 0.392 e. The lowest BCUT2D eigenvalue weighted by Gasteiger charge is -2.30. The molecule has 3 heterocycles. The molecule has 166 valence electrons. The van der Waals surface area contributed by atoms with Crippen LogP contribution in [0.5, 0.6) is 0 Å². The second-order valence-corrected chi connectivity index (χ2v) is 9.32. The number of carbonyl (C=O) groups is 3. The first-order valence-corrected chi connectivity index (χ1v) is 11.1. The molecule has 7 nitrogen and oxygen atoms in total. The maximum Gasteiger partial charge on any atom is 0.250 e. The second kappa shape index (κ2) is 7.40. The Kier molecular flexibility index (Phi) is 4.89. The van der Waals surface area contributed by atoms with Crippen molar-refractivity contribution in [2.24, 2.45) is 11.8 Å². The highest BCUT2D eigenvalue weighted by Crippen LogP contribution is 2.54. The maximum atomic E-state index is 13.6. The molecule has 3 aliphatic rings. The van der Waals surface area contributed by atoms with Gasteiger partial charge in [0.1, 0.15) is 5.54 Å². The lowest BCUT2D eigenvalue weighted by Crippen LogP contribution is -2.55. The fraction of sp³-hybridized carbons (Fsp3) is 0.375. The first-order chi connectivity index (χ1) is 15.3. The van der Waals surface area contributed by atoms with Crippen LogP contribution in [0.3, 0.4) is 0 Å². The molecule has 2 aromatic rings. The number of imide groups is 1. The number of anilines is 1. The minimum atomic E-state index is -1.45. The third kappa shape index (κ3) is 2.85. The molecule has 0 saturated carbocycles. The Bertz CT molecular complexity index is 1140. The van der Waals surface area contributed by atoms with Crippen LogP contribution in [-0.4, -0.2) is 46.4 Å². The van der Waals surface area contributed by atoms with E-state index in [9.17, 15) is 19.5 Å². The zero-order valence-electron chi connectivity index (χ0n) is 17.8. The number of amides is 3. The average Bonchev–Trinajstić information content (AvgIpc) is 3.34. The van der Waals surface area contributed by atoms with Crippen molar-refractivity contribution in [3.05, 3.63) is 64.2 Å². The number of aliphatic hydroxyl groups excluding tert-OH is 1. The summed E-state index contributed by atoms with van der Waals surface area (Å²) < 4.78 is 0. The number of benzene rings is 2. The number of carbonyl (C=O) groups excluding carboxylic acids is 3. The normalized spacial score (nSPS) is 29.4. The van der Waals surface area contributed by atoms with Gasteiger partial charge < -0.3 is 10.4 Å².